The largest absolute Gasteiger partial charge is 0.322 e. The average molecular weight is 372 g/mol. The molecule has 0 aromatic heterocycles. The molecular weight excluding hydrogens is 361 g/mol. The molecule has 0 fully saturated rings. The van der Waals surface area contributed by atoms with Gasteiger partial charge in [0.05, 0.1) is 0 Å². The first-order valence-electron chi connectivity index (χ1n) is 5.39. The van der Waals surface area contributed by atoms with Crippen LogP contribution in [0.4, 0.5) is 5.69 Å². The van der Waals surface area contributed by atoms with Crippen LogP contribution in [-0.2, 0) is 0 Å². The third-order valence-corrected chi connectivity index (χ3v) is 3.42. The Labute approximate surface area is 124 Å². The van der Waals surface area contributed by atoms with Gasteiger partial charge in [-0.1, -0.05) is 17.7 Å². The van der Waals surface area contributed by atoms with Crippen molar-refractivity contribution in [1.82, 2.24) is 0 Å². The third kappa shape index (κ3) is 3.23. The van der Waals surface area contributed by atoms with Crippen LogP contribution in [0.3, 0.4) is 0 Å². The molecule has 0 radical (unpaired) electrons. The lowest BCUT2D eigenvalue weighted by molar-refractivity contribution is 0.102. The Kier molecular flexibility index (Phi) is 4.24. The van der Waals surface area contributed by atoms with Crippen molar-refractivity contribution in [2.75, 3.05) is 5.32 Å². The summed E-state index contributed by atoms with van der Waals surface area (Å²) in [7, 11) is 0. The number of hydrogen-bond acceptors (Lipinski definition) is 1. The summed E-state index contributed by atoms with van der Waals surface area (Å²) in [6, 6.07) is 12.9. The highest BCUT2D eigenvalue weighted by Gasteiger charge is 2.09. The molecule has 0 unspecified atom stereocenters. The zero-order valence-corrected chi connectivity index (χ0v) is 12.6. The standard InChI is InChI=1S/C14H11ClINO/c1-9-7-10(15)5-6-13(9)14(18)17-12-4-2-3-11(16)8-12/h2-8H,1H3,(H,17,18). The van der Waals surface area contributed by atoms with Crippen molar-refractivity contribution in [3.8, 4) is 0 Å². The third-order valence-electron chi connectivity index (χ3n) is 2.52. The molecule has 92 valence electrons. The van der Waals surface area contributed by atoms with Crippen LogP contribution in [0.25, 0.3) is 0 Å². The van der Waals surface area contributed by atoms with Crippen LogP contribution in [0.15, 0.2) is 42.5 Å². The lowest BCUT2D eigenvalue weighted by Crippen LogP contribution is -2.13. The Bertz CT molecular complexity index is 598. The molecule has 0 saturated heterocycles. The van der Waals surface area contributed by atoms with E-state index in [9.17, 15) is 4.79 Å². The molecule has 0 bridgehead atoms. The van der Waals surface area contributed by atoms with Gasteiger partial charge in [0.25, 0.3) is 5.91 Å². The molecule has 2 aromatic rings. The molecule has 1 N–H and O–H groups in total. The van der Waals surface area contributed by atoms with Crippen molar-refractivity contribution < 1.29 is 4.79 Å². The van der Waals surface area contributed by atoms with Crippen LogP contribution in [0.2, 0.25) is 5.02 Å². The maximum Gasteiger partial charge on any atom is 0.255 e. The van der Waals surface area contributed by atoms with Gasteiger partial charge in [-0.2, -0.15) is 0 Å². The molecule has 0 spiro atoms. The maximum absolute atomic E-state index is 12.1. The maximum atomic E-state index is 12.1. The van der Waals surface area contributed by atoms with Crippen LogP contribution < -0.4 is 5.32 Å². The smallest absolute Gasteiger partial charge is 0.255 e. The minimum absolute atomic E-state index is 0.119. The first kappa shape index (κ1) is 13.4. The summed E-state index contributed by atoms with van der Waals surface area (Å²) < 4.78 is 1.08. The van der Waals surface area contributed by atoms with Crippen molar-refractivity contribution in [3.05, 3.63) is 62.2 Å². The highest BCUT2D eigenvalue weighted by atomic mass is 127. The minimum Gasteiger partial charge on any atom is -0.322 e. The summed E-state index contributed by atoms with van der Waals surface area (Å²) in [5.41, 5.74) is 2.30. The van der Waals surface area contributed by atoms with E-state index in [0.717, 1.165) is 14.8 Å². The predicted molar refractivity (Wildman–Crippen MR) is 83.3 cm³/mol. The molecule has 4 heteroatoms. The zero-order chi connectivity index (χ0) is 13.1. The Morgan fingerprint density at radius 3 is 2.67 bits per heavy atom. The van der Waals surface area contributed by atoms with Crippen molar-refractivity contribution in [2.45, 2.75) is 6.92 Å². The molecular formula is C14H11ClINO. The van der Waals surface area contributed by atoms with Crippen LogP contribution in [0.1, 0.15) is 15.9 Å². The van der Waals surface area contributed by atoms with E-state index in [1.54, 1.807) is 18.2 Å². The zero-order valence-electron chi connectivity index (χ0n) is 9.71. The average Bonchev–Trinajstić information content (AvgIpc) is 2.28. The molecule has 0 atom stereocenters. The van der Waals surface area contributed by atoms with Gasteiger partial charge in [0, 0.05) is 19.8 Å². The van der Waals surface area contributed by atoms with E-state index in [4.69, 9.17) is 11.6 Å². The summed E-state index contributed by atoms with van der Waals surface area (Å²) >= 11 is 8.08. The second kappa shape index (κ2) is 5.71. The van der Waals surface area contributed by atoms with Crippen molar-refractivity contribution in [2.24, 2.45) is 0 Å². The number of benzene rings is 2. The Morgan fingerprint density at radius 1 is 1.22 bits per heavy atom. The molecule has 2 rings (SSSR count). The first-order valence-corrected chi connectivity index (χ1v) is 6.85. The predicted octanol–water partition coefficient (Wildman–Crippen LogP) is 4.51. The highest BCUT2D eigenvalue weighted by molar-refractivity contribution is 14.1. The van der Waals surface area contributed by atoms with Crippen molar-refractivity contribution >= 4 is 45.8 Å². The van der Waals surface area contributed by atoms with Crippen LogP contribution >= 0.6 is 34.2 Å². The summed E-state index contributed by atoms with van der Waals surface area (Å²) in [5.74, 6) is -0.119. The topological polar surface area (TPSA) is 29.1 Å². The fourth-order valence-corrected chi connectivity index (χ4v) is 2.42. The SMILES string of the molecule is Cc1cc(Cl)ccc1C(=O)Nc1cccc(I)c1. The van der Waals surface area contributed by atoms with Gasteiger partial charge in [-0.15, -0.1) is 0 Å². The van der Waals surface area contributed by atoms with Gasteiger partial charge in [-0.25, -0.2) is 0 Å². The van der Waals surface area contributed by atoms with E-state index in [-0.39, 0.29) is 5.91 Å². The highest BCUT2D eigenvalue weighted by Crippen LogP contribution is 2.18. The molecule has 2 nitrogen and oxygen atoms in total. The Balaban J connectivity index is 2.22. The number of hydrogen-bond donors (Lipinski definition) is 1. The monoisotopic (exact) mass is 371 g/mol. The second-order valence-electron chi connectivity index (χ2n) is 3.92. The number of carbonyl (C=O) groups is 1. The fourth-order valence-electron chi connectivity index (χ4n) is 1.65. The number of carbonyl (C=O) groups excluding carboxylic acids is 1. The van der Waals surface area contributed by atoms with E-state index in [1.165, 1.54) is 0 Å². The van der Waals surface area contributed by atoms with Crippen LogP contribution in [0.5, 0.6) is 0 Å². The van der Waals surface area contributed by atoms with E-state index in [1.807, 2.05) is 31.2 Å². The van der Waals surface area contributed by atoms with Gasteiger partial charge < -0.3 is 5.32 Å². The summed E-state index contributed by atoms with van der Waals surface area (Å²) in [5, 5.41) is 3.51. The normalized spacial score (nSPS) is 10.2. The lowest BCUT2D eigenvalue weighted by Gasteiger charge is -2.08. The van der Waals surface area contributed by atoms with E-state index < -0.39 is 0 Å². The molecule has 0 saturated carbocycles. The van der Waals surface area contributed by atoms with Gasteiger partial charge in [0.15, 0.2) is 0 Å². The van der Waals surface area contributed by atoms with E-state index in [0.29, 0.717) is 10.6 Å². The second-order valence-corrected chi connectivity index (χ2v) is 5.61. The number of amides is 1. The van der Waals surface area contributed by atoms with Crippen molar-refractivity contribution in [3.63, 3.8) is 0 Å². The van der Waals surface area contributed by atoms with Crippen molar-refractivity contribution in [1.29, 1.82) is 0 Å². The molecule has 1 amide bonds. The number of aryl methyl sites for hydroxylation is 1. The van der Waals surface area contributed by atoms with Gasteiger partial charge in [0.2, 0.25) is 0 Å². The first-order chi connectivity index (χ1) is 8.56. The molecule has 18 heavy (non-hydrogen) atoms. The molecule has 0 aliphatic heterocycles. The van der Waals surface area contributed by atoms with E-state index in [2.05, 4.69) is 27.9 Å². The Hall–Kier alpha value is -1.07. The van der Waals surface area contributed by atoms with Gasteiger partial charge in [-0.05, 0) is 71.5 Å². The minimum atomic E-state index is -0.119. The Morgan fingerprint density at radius 2 is 2.00 bits per heavy atom. The summed E-state index contributed by atoms with van der Waals surface area (Å²) in [4.78, 5) is 12.1. The number of halogens is 2. The summed E-state index contributed by atoms with van der Waals surface area (Å²) in [6.07, 6.45) is 0. The van der Waals surface area contributed by atoms with E-state index >= 15 is 0 Å². The number of anilines is 1. The number of rotatable bonds is 2. The lowest BCUT2D eigenvalue weighted by atomic mass is 10.1. The number of nitrogens with one attached hydrogen (secondary N) is 1. The molecule has 2 aromatic carbocycles. The van der Waals surface area contributed by atoms with Gasteiger partial charge in [-0.3, -0.25) is 4.79 Å². The van der Waals surface area contributed by atoms with Crippen LogP contribution in [-0.4, -0.2) is 5.91 Å². The van der Waals surface area contributed by atoms with Gasteiger partial charge in [0.1, 0.15) is 0 Å². The fraction of sp³-hybridized carbons (Fsp3) is 0.0714. The quantitative estimate of drug-likeness (QED) is 0.774. The summed E-state index contributed by atoms with van der Waals surface area (Å²) in [6.45, 7) is 1.87. The van der Waals surface area contributed by atoms with Crippen LogP contribution in [0, 0.1) is 10.5 Å². The molecule has 0 aliphatic rings. The molecule has 0 aliphatic carbocycles. The van der Waals surface area contributed by atoms with Gasteiger partial charge >= 0.3 is 0 Å². The molecule has 0 heterocycles.